The molecule has 5 nitrogen and oxygen atoms in total. The highest BCUT2D eigenvalue weighted by molar-refractivity contribution is 9.10. The molecule has 1 aromatic heterocycles. The standard InChI is InChI=1S/C10H9BrN4O/c1-4-2-5-7(14-10(4)16)6(3-12)9(13)15-8(5)11/h4H,2H2,1H3,(H2,13,15)(H,14,16). The highest BCUT2D eigenvalue weighted by Crippen LogP contribution is 2.35. The molecule has 0 saturated carbocycles. The Labute approximate surface area is 101 Å². The third kappa shape index (κ3) is 1.53. The smallest absolute Gasteiger partial charge is 0.227 e. The van der Waals surface area contributed by atoms with E-state index in [0.717, 1.165) is 5.56 Å². The summed E-state index contributed by atoms with van der Waals surface area (Å²) >= 11 is 3.29. The molecule has 2 rings (SSSR count). The zero-order valence-electron chi connectivity index (χ0n) is 8.54. The van der Waals surface area contributed by atoms with E-state index in [4.69, 9.17) is 11.0 Å². The van der Waals surface area contributed by atoms with E-state index in [-0.39, 0.29) is 23.2 Å². The van der Waals surface area contributed by atoms with Gasteiger partial charge in [-0.05, 0) is 22.4 Å². The Kier molecular flexibility index (Phi) is 2.56. The van der Waals surface area contributed by atoms with Crippen LogP contribution in [-0.4, -0.2) is 10.9 Å². The lowest BCUT2D eigenvalue weighted by atomic mass is 9.94. The first-order valence-electron chi connectivity index (χ1n) is 4.73. The summed E-state index contributed by atoms with van der Waals surface area (Å²) in [5.74, 6) is -0.0924. The zero-order chi connectivity index (χ0) is 11.9. The maximum Gasteiger partial charge on any atom is 0.227 e. The van der Waals surface area contributed by atoms with Crippen LogP contribution in [0.3, 0.4) is 0 Å². The van der Waals surface area contributed by atoms with Gasteiger partial charge in [-0.1, -0.05) is 6.92 Å². The number of rotatable bonds is 0. The second-order valence-corrected chi connectivity index (χ2v) is 4.47. The third-order valence-corrected chi connectivity index (χ3v) is 3.25. The maximum atomic E-state index is 11.6. The molecule has 0 radical (unpaired) electrons. The summed E-state index contributed by atoms with van der Waals surface area (Å²) in [4.78, 5) is 15.6. The number of hydrogen-bond acceptors (Lipinski definition) is 4. The van der Waals surface area contributed by atoms with Crippen LogP contribution < -0.4 is 11.1 Å². The maximum absolute atomic E-state index is 11.6. The molecule has 1 aliphatic heterocycles. The highest BCUT2D eigenvalue weighted by Gasteiger charge is 2.28. The van der Waals surface area contributed by atoms with Crippen LogP contribution in [0.25, 0.3) is 0 Å². The van der Waals surface area contributed by atoms with E-state index < -0.39 is 0 Å². The van der Waals surface area contributed by atoms with Gasteiger partial charge >= 0.3 is 0 Å². The number of nitriles is 1. The van der Waals surface area contributed by atoms with Gasteiger partial charge in [0.15, 0.2) is 0 Å². The first-order valence-corrected chi connectivity index (χ1v) is 5.52. The van der Waals surface area contributed by atoms with E-state index in [1.165, 1.54) is 0 Å². The van der Waals surface area contributed by atoms with Gasteiger partial charge in [0, 0.05) is 11.5 Å². The van der Waals surface area contributed by atoms with Crippen molar-refractivity contribution in [3.63, 3.8) is 0 Å². The zero-order valence-corrected chi connectivity index (χ0v) is 10.1. The number of aromatic nitrogens is 1. The van der Waals surface area contributed by atoms with Crippen molar-refractivity contribution in [2.45, 2.75) is 13.3 Å². The number of nitrogens with two attached hydrogens (primary N) is 1. The van der Waals surface area contributed by atoms with Crippen LogP contribution in [0.1, 0.15) is 18.1 Å². The Morgan fingerprint density at radius 2 is 2.38 bits per heavy atom. The summed E-state index contributed by atoms with van der Waals surface area (Å²) in [6.07, 6.45) is 0.559. The topological polar surface area (TPSA) is 91.8 Å². The number of anilines is 2. The summed E-state index contributed by atoms with van der Waals surface area (Å²) in [6.45, 7) is 1.83. The summed E-state index contributed by atoms with van der Waals surface area (Å²) in [6, 6.07) is 1.96. The molecule has 0 saturated heterocycles. The van der Waals surface area contributed by atoms with Gasteiger partial charge in [0.2, 0.25) is 5.91 Å². The van der Waals surface area contributed by atoms with E-state index in [1.54, 1.807) is 0 Å². The van der Waals surface area contributed by atoms with Crippen molar-refractivity contribution in [3.8, 4) is 6.07 Å². The molecule has 6 heteroatoms. The Morgan fingerprint density at radius 3 is 3.00 bits per heavy atom. The highest BCUT2D eigenvalue weighted by atomic mass is 79.9. The second-order valence-electron chi connectivity index (χ2n) is 3.72. The van der Waals surface area contributed by atoms with E-state index >= 15 is 0 Å². The van der Waals surface area contributed by atoms with Gasteiger partial charge in [-0.3, -0.25) is 4.79 Å². The summed E-state index contributed by atoms with van der Waals surface area (Å²) < 4.78 is 0.589. The summed E-state index contributed by atoms with van der Waals surface area (Å²) in [5, 5.41) is 11.7. The fourth-order valence-corrected chi connectivity index (χ4v) is 2.25. The number of carbonyl (C=O) groups excluding carboxylic acids is 1. The van der Waals surface area contributed by atoms with Crippen LogP contribution >= 0.6 is 15.9 Å². The Hall–Kier alpha value is -1.61. The van der Waals surface area contributed by atoms with Gasteiger partial charge in [0.05, 0.1) is 5.69 Å². The Balaban J connectivity index is 2.68. The normalized spacial score (nSPS) is 18.6. The Bertz CT molecular complexity index is 521. The predicted octanol–water partition coefficient (Wildman–Crippen LogP) is 1.43. The van der Waals surface area contributed by atoms with Gasteiger partial charge in [-0.2, -0.15) is 5.26 Å². The average molecular weight is 281 g/mol. The molecule has 1 aromatic rings. The van der Waals surface area contributed by atoms with Crippen molar-refractivity contribution in [3.05, 3.63) is 15.7 Å². The number of carbonyl (C=O) groups is 1. The van der Waals surface area contributed by atoms with Gasteiger partial charge in [-0.15, -0.1) is 0 Å². The number of nitrogen functional groups attached to an aromatic ring is 1. The van der Waals surface area contributed by atoms with Gasteiger partial charge < -0.3 is 11.1 Å². The van der Waals surface area contributed by atoms with Crippen molar-refractivity contribution in [1.82, 2.24) is 4.98 Å². The number of pyridine rings is 1. The van der Waals surface area contributed by atoms with Gasteiger partial charge in [-0.25, -0.2) is 4.98 Å². The van der Waals surface area contributed by atoms with Crippen molar-refractivity contribution < 1.29 is 4.79 Å². The lowest BCUT2D eigenvalue weighted by Gasteiger charge is -2.23. The van der Waals surface area contributed by atoms with Crippen LogP contribution in [0.15, 0.2) is 4.60 Å². The number of halogens is 1. The number of nitrogens with zero attached hydrogens (tertiary/aromatic N) is 2. The van der Waals surface area contributed by atoms with Crippen LogP contribution in [0, 0.1) is 17.2 Å². The van der Waals surface area contributed by atoms with E-state index in [9.17, 15) is 4.79 Å². The lowest BCUT2D eigenvalue weighted by Crippen LogP contribution is -2.29. The second kappa shape index (κ2) is 3.76. The number of amides is 1. The van der Waals surface area contributed by atoms with Crippen LogP contribution in [0.5, 0.6) is 0 Å². The minimum Gasteiger partial charge on any atom is -0.382 e. The molecule has 0 spiro atoms. The molecule has 16 heavy (non-hydrogen) atoms. The predicted molar refractivity (Wildman–Crippen MR) is 62.6 cm³/mol. The molecule has 1 atom stereocenters. The van der Waals surface area contributed by atoms with E-state index in [1.807, 2.05) is 13.0 Å². The van der Waals surface area contributed by atoms with E-state index in [0.29, 0.717) is 16.7 Å². The molecule has 0 fully saturated rings. The monoisotopic (exact) mass is 280 g/mol. The van der Waals surface area contributed by atoms with Crippen LogP contribution in [0.2, 0.25) is 0 Å². The van der Waals surface area contributed by atoms with Crippen molar-refractivity contribution in [1.29, 1.82) is 5.26 Å². The summed E-state index contributed by atoms with van der Waals surface area (Å²) in [7, 11) is 0. The minimum absolute atomic E-state index is 0.0958. The Morgan fingerprint density at radius 1 is 1.69 bits per heavy atom. The molecule has 0 bridgehead atoms. The summed E-state index contributed by atoms with van der Waals surface area (Å²) in [5.41, 5.74) is 7.18. The van der Waals surface area contributed by atoms with Crippen molar-refractivity contribution in [2.75, 3.05) is 11.1 Å². The average Bonchev–Trinajstić information content (AvgIpc) is 2.22. The molecule has 1 aliphatic rings. The SMILES string of the molecule is CC1Cc2c(Br)nc(N)c(C#N)c2NC1=O. The fraction of sp³-hybridized carbons (Fsp3) is 0.300. The first-order chi connectivity index (χ1) is 7.54. The molecule has 3 N–H and O–H groups in total. The van der Waals surface area contributed by atoms with Crippen LogP contribution in [-0.2, 0) is 11.2 Å². The molecular formula is C10H9BrN4O. The number of fused-ring (bicyclic) bond motifs is 1. The van der Waals surface area contributed by atoms with E-state index in [2.05, 4.69) is 26.2 Å². The van der Waals surface area contributed by atoms with Crippen LogP contribution in [0.4, 0.5) is 11.5 Å². The molecule has 0 aromatic carbocycles. The largest absolute Gasteiger partial charge is 0.382 e. The minimum atomic E-state index is -0.124. The molecule has 1 unspecified atom stereocenters. The first kappa shape index (κ1) is 10.9. The number of nitrogens with one attached hydrogen (secondary N) is 1. The molecule has 1 amide bonds. The quantitative estimate of drug-likeness (QED) is 0.703. The molecule has 2 heterocycles. The van der Waals surface area contributed by atoms with Crippen molar-refractivity contribution in [2.24, 2.45) is 5.92 Å². The molecule has 0 aliphatic carbocycles. The number of hydrogen-bond donors (Lipinski definition) is 2. The van der Waals surface area contributed by atoms with Gasteiger partial charge in [0.1, 0.15) is 22.1 Å². The molecule has 82 valence electrons. The van der Waals surface area contributed by atoms with Crippen molar-refractivity contribution >= 4 is 33.3 Å². The molecular weight excluding hydrogens is 272 g/mol. The fourth-order valence-electron chi connectivity index (χ4n) is 1.69. The third-order valence-electron chi connectivity index (χ3n) is 2.59. The van der Waals surface area contributed by atoms with Gasteiger partial charge in [0.25, 0.3) is 0 Å². The lowest BCUT2D eigenvalue weighted by molar-refractivity contribution is -0.119.